The Morgan fingerprint density at radius 2 is 1.94 bits per heavy atom. The topological polar surface area (TPSA) is 55.0 Å². The van der Waals surface area contributed by atoms with E-state index in [0.717, 1.165) is 17.9 Å². The van der Waals surface area contributed by atoms with Gasteiger partial charge in [-0.2, -0.15) is 4.98 Å². The third-order valence-corrected chi connectivity index (χ3v) is 2.42. The van der Waals surface area contributed by atoms with Crippen molar-refractivity contribution in [2.24, 2.45) is 5.92 Å². The molecule has 0 atom stereocenters. The van der Waals surface area contributed by atoms with Gasteiger partial charge in [0.1, 0.15) is 5.82 Å². The van der Waals surface area contributed by atoms with Crippen LogP contribution >= 0.6 is 0 Å². The third kappa shape index (κ3) is 3.08. The van der Waals surface area contributed by atoms with E-state index in [1.165, 1.54) is 0 Å². The molecule has 0 aliphatic rings. The number of aryl methyl sites for hydroxylation is 1. The number of anilines is 2. The fourth-order valence-corrected chi connectivity index (χ4v) is 1.67. The van der Waals surface area contributed by atoms with Gasteiger partial charge in [-0.05, 0) is 26.7 Å². The lowest BCUT2D eigenvalue weighted by molar-refractivity contribution is 0.565. The molecular weight excluding hydrogens is 200 g/mol. The number of aromatic nitrogens is 2. The number of hydrogen-bond acceptors (Lipinski definition) is 4. The second-order valence-corrected chi connectivity index (χ2v) is 4.87. The van der Waals surface area contributed by atoms with Crippen LogP contribution in [0.1, 0.15) is 33.3 Å². The van der Waals surface area contributed by atoms with Crippen molar-refractivity contribution in [2.75, 3.05) is 17.2 Å². The molecule has 0 aromatic carbocycles. The molecule has 1 aromatic heterocycles. The fraction of sp³-hybridized carbons (Fsp3) is 0.667. The summed E-state index contributed by atoms with van der Waals surface area (Å²) in [6.45, 7) is 11.7. The molecule has 0 aliphatic carbocycles. The van der Waals surface area contributed by atoms with Gasteiger partial charge in [0.15, 0.2) is 0 Å². The molecule has 0 bridgehead atoms. The number of hydrogen-bond donors (Lipinski definition) is 1. The third-order valence-electron chi connectivity index (χ3n) is 2.42. The summed E-state index contributed by atoms with van der Waals surface area (Å²) in [5.41, 5.74) is 6.72. The Labute approximate surface area is 97.9 Å². The van der Waals surface area contributed by atoms with Crippen molar-refractivity contribution < 1.29 is 0 Å². The van der Waals surface area contributed by atoms with Crippen LogP contribution in [-0.4, -0.2) is 22.6 Å². The Hall–Kier alpha value is -1.32. The zero-order chi connectivity index (χ0) is 12.3. The fourth-order valence-electron chi connectivity index (χ4n) is 1.67. The minimum atomic E-state index is 0.343. The first-order valence-electron chi connectivity index (χ1n) is 5.77. The first-order chi connectivity index (χ1) is 7.41. The second kappa shape index (κ2) is 5.14. The van der Waals surface area contributed by atoms with Gasteiger partial charge in [-0.25, -0.2) is 4.98 Å². The summed E-state index contributed by atoms with van der Waals surface area (Å²) < 4.78 is 0. The molecule has 0 aliphatic heterocycles. The lowest BCUT2D eigenvalue weighted by Crippen LogP contribution is -2.35. The molecule has 0 spiro atoms. The Balaban J connectivity index is 3.05. The number of nitrogens with zero attached hydrogens (tertiary/aromatic N) is 3. The number of nitrogen functional groups attached to an aromatic ring is 1. The van der Waals surface area contributed by atoms with Crippen molar-refractivity contribution in [3.8, 4) is 0 Å². The van der Waals surface area contributed by atoms with Crippen molar-refractivity contribution in [3.63, 3.8) is 0 Å². The summed E-state index contributed by atoms with van der Waals surface area (Å²) in [6, 6.07) is 0.412. The van der Waals surface area contributed by atoms with Gasteiger partial charge in [0.25, 0.3) is 0 Å². The van der Waals surface area contributed by atoms with Crippen LogP contribution in [0.2, 0.25) is 0 Å². The molecule has 1 aromatic rings. The predicted molar refractivity (Wildman–Crippen MR) is 68.5 cm³/mol. The number of nitrogens with two attached hydrogens (primary N) is 1. The summed E-state index contributed by atoms with van der Waals surface area (Å²) in [4.78, 5) is 10.6. The highest BCUT2D eigenvalue weighted by Gasteiger charge is 2.16. The van der Waals surface area contributed by atoms with E-state index < -0.39 is 0 Å². The maximum Gasteiger partial charge on any atom is 0.221 e. The summed E-state index contributed by atoms with van der Waals surface area (Å²) in [5, 5.41) is 0. The van der Waals surface area contributed by atoms with Gasteiger partial charge >= 0.3 is 0 Å². The molecule has 2 N–H and O–H groups in total. The van der Waals surface area contributed by atoms with Gasteiger partial charge in [-0.15, -0.1) is 0 Å². The highest BCUT2D eigenvalue weighted by atomic mass is 15.2. The quantitative estimate of drug-likeness (QED) is 0.849. The van der Waals surface area contributed by atoms with E-state index in [-0.39, 0.29) is 0 Å². The Kier molecular flexibility index (Phi) is 4.10. The molecular formula is C12H22N4. The van der Waals surface area contributed by atoms with Crippen LogP contribution in [0.4, 0.5) is 11.8 Å². The molecule has 0 unspecified atom stereocenters. The highest BCUT2D eigenvalue weighted by molar-refractivity contribution is 5.48. The van der Waals surface area contributed by atoms with Gasteiger partial charge in [0, 0.05) is 24.3 Å². The van der Waals surface area contributed by atoms with Crippen LogP contribution < -0.4 is 10.6 Å². The zero-order valence-electron chi connectivity index (χ0n) is 10.9. The van der Waals surface area contributed by atoms with Gasteiger partial charge in [-0.3, -0.25) is 0 Å². The monoisotopic (exact) mass is 222 g/mol. The molecule has 0 saturated carbocycles. The summed E-state index contributed by atoms with van der Waals surface area (Å²) >= 11 is 0. The summed E-state index contributed by atoms with van der Waals surface area (Å²) in [5.74, 6) is 1.89. The first-order valence-corrected chi connectivity index (χ1v) is 5.77. The van der Waals surface area contributed by atoms with Crippen LogP contribution in [0.25, 0.3) is 0 Å². The molecule has 16 heavy (non-hydrogen) atoms. The summed E-state index contributed by atoms with van der Waals surface area (Å²) in [7, 11) is 0. The van der Waals surface area contributed by atoms with Crippen molar-refractivity contribution in [1.82, 2.24) is 9.97 Å². The van der Waals surface area contributed by atoms with Gasteiger partial charge in [-0.1, -0.05) is 13.8 Å². The van der Waals surface area contributed by atoms with Crippen molar-refractivity contribution in [1.29, 1.82) is 0 Å². The van der Waals surface area contributed by atoms with E-state index in [4.69, 9.17) is 5.73 Å². The molecule has 4 nitrogen and oxygen atoms in total. The van der Waals surface area contributed by atoms with Gasteiger partial charge in [0.05, 0.1) is 0 Å². The second-order valence-electron chi connectivity index (χ2n) is 4.87. The van der Waals surface area contributed by atoms with E-state index in [0.29, 0.717) is 17.9 Å². The molecule has 1 rings (SSSR count). The Morgan fingerprint density at radius 1 is 1.31 bits per heavy atom. The lowest BCUT2D eigenvalue weighted by atomic mass is 10.1. The smallest absolute Gasteiger partial charge is 0.221 e. The standard InChI is InChI=1S/C12H22N4/c1-8(2)7-16(9(3)4)11-10(5)6-14-12(13)15-11/h6,8-9H,7H2,1-5H3,(H2,13,14,15). The SMILES string of the molecule is Cc1cnc(N)nc1N(CC(C)C)C(C)C. The lowest BCUT2D eigenvalue weighted by Gasteiger charge is -2.30. The van der Waals surface area contributed by atoms with Crippen molar-refractivity contribution in [3.05, 3.63) is 11.8 Å². The van der Waals surface area contributed by atoms with E-state index >= 15 is 0 Å². The average molecular weight is 222 g/mol. The van der Waals surface area contributed by atoms with Crippen LogP contribution in [0.5, 0.6) is 0 Å². The molecule has 0 saturated heterocycles. The maximum atomic E-state index is 5.65. The van der Waals surface area contributed by atoms with Crippen LogP contribution in [-0.2, 0) is 0 Å². The maximum absolute atomic E-state index is 5.65. The van der Waals surface area contributed by atoms with Crippen molar-refractivity contribution >= 4 is 11.8 Å². The Morgan fingerprint density at radius 3 is 2.44 bits per heavy atom. The average Bonchev–Trinajstić information content (AvgIpc) is 2.18. The first kappa shape index (κ1) is 12.7. The minimum absolute atomic E-state index is 0.343. The zero-order valence-corrected chi connectivity index (χ0v) is 10.9. The van der Waals surface area contributed by atoms with E-state index in [2.05, 4.69) is 42.6 Å². The van der Waals surface area contributed by atoms with E-state index in [9.17, 15) is 0 Å². The molecule has 0 fully saturated rings. The van der Waals surface area contributed by atoms with E-state index in [1.54, 1.807) is 6.20 Å². The van der Waals surface area contributed by atoms with Crippen molar-refractivity contribution in [2.45, 2.75) is 40.7 Å². The van der Waals surface area contributed by atoms with Crippen LogP contribution in [0, 0.1) is 12.8 Å². The Bertz CT molecular complexity index is 347. The van der Waals surface area contributed by atoms with Crippen LogP contribution in [0.15, 0.2) is 6.20 Å². The molecule has 90 valence electrons. The molecule has 0 radical (unpaired) electrons. The number of rotatable bonds is 4. The summed E-state index contributed by atoms with van der Waals surface area (Å²) in [6.07, 6.45) is 1.79. The van der Waals surface area contributed by atoms with Crippen LogP contribution in [0.3, 0.4) is 0 Å². The predicted octanol–water partition coefficient (Wildman–Crippen LogP) is 2.24. The molecule has 1 heterocycles. The minimum Gasteiger partial charge on any atom is -0.368 e. The van der Waals surface area contributed by atoms with Gasteiger partial charge in [0.2, 0.25) is 5.95 Å². The normalized spacial score (nSPS) is 11.2. The molecule has 0 amide bonds. The van der Waals surface area contributed by atoms with Gasteiger partial charge < -0.3 is 10.6 Å². The highest BCUT2D eigenvalue weighted by Crippen LogP contribution is 2.20. The molecule has 4 heteroatoms. The largest absolute Gasteiger partial charge is 0.368 e. The van der Waals surface area contributed by atoms with E-state index in [1.807, 2.05) is 6.92 Å².